The van der Waals surface area contributed by atoms with Crippen molar-refractivity contribution in [3.63, 3.8) is 0 Å². The lowest BCUT2D eigenvalue weighted by molar-refractivity contribution is 0.175. The number of hydrogen-bond donors (Lipinski definition) is 4. The third-order valence-electron chi connectivity index (χ3n) is 15.3. The van der Waals surface area contributed by atoms with Gasteiger partial charge < -0.3 is 21.3 Å². The lowest BCUT2D eigenvalue weighted by Gasteiger charge is -2.34. The third-order valence-corrected chi connectivity index (χ3v) is 15.3. The molecule has 6 rings (SSSR count). The van der Waals surface area contributed by atoms with Crippen LogP contribution in [-0.4, -0.2) is 75.9 Å². The summed E-state index contributed by atoms with van der Waals surface area (Å²) in [5.41, 5.74) is 3.03. The maximum absolute atomic E-state index is 3.50. The van der Waals surface area contributed by atoms with Gasteiger partial charge in [-0.1, -0.05) is 130 Å². The quantitative estimate of drug-likeness (QED) is 0.196. The second-order valence-electron chi connectivity index (χ2n) is 26.5. The first-order valence-corrected chi connectivity index (χ1v) is 26.2. The molecule has 60 heavy (non-hydrogen) atoms. The smallest absolute Gasteiger partial charge is 0.0125 e. The van der Waals surface area contributed by atoms with Gasteiger partial charge in [0.1, 0.15) is 0 Å². The van der Waals surface area contributed by atoms with Crippen molar-refractivity contribution in [2.75, 3.05) is 65.4 Å². The van der Waals surface area contributed by atoms with Gasteiger partial charge in [-0.3, -0.25) is 4.90 Å². The van der Waals surface area contributed by atoms with Gasteiger partial charge in [0.2, 0.25) is 0 Å². The van der Waals surface area contributed by atoms with Crippen LogP contribution in [0.2, 0.25) is 0 Å². The SMILES string of the molecule is CC(C)(C)C1CCCCC1.CC(C)(C)C1CCCCNC1.CC(C)(C)C1CCCNC1.CC(C)(C)C1CCCNCC1.CC(C)(C)C1CCNC1.CC(C)(C)N1CCCC1. The highest BCUT2D eigenvalue weighted by Crippen LogP contribution is 2.38. The minimum atomic E-state index is 0.413. The topological polar surface area (TPSA) is 51.4 Å². The van der Waals surface area contributed by atoms with Gasteiger partial charge in [-0.05, 0) is 220 Å². The van der Waals surface area contributed by atoms with Crippen LogP contribution >= 0.6 is 0 Å². The van der Waals surface area contributed by atoms with Crippen molar-refractivity contribution >= 4 is 0 Å². The van der Waals surface area contributed by atoms with E-state index in [9.17, 15) is 0 Å². The molecule has 0 aromatic carbocycles. The first-order chi connectivity index (χ1) is 27.6. The first kappa shape index (κ1) is 57.8. The van der Waals surface area contributed by atoms with E-state index < -0.39 is 0 Å². The maximum Gasteiger partial charge on any atom is 0.0125 e. The van der Waals surface area contributed by atoms with Gasteiger partial charge in [-0.15, -0.1) is 0 Å². The van der Waals surface area contributed by atoms with Gasteiger partial charge >= 0.3 is 0 Å². The van der Waals surface area contributed by atoms with E-state index in [1.165, 1.54) is 168 Å². The Bertz CT molecular complexity index is 918. The summed E-state index contributed by atoms with van der Waals surface area (Å²) in [7, 11) is 0. The molecule has 4 N–H and O–H groups in total. The van der Waals surface area contributed by atoms with E-state index in [2.05, 4.69) is 151 Å². The average molecular weight is 847 g/mol. The third kappa shape index (κ3) is 26.6. The van der Waals surface area contributed by atoms with Crippen LogP contribution in [-0.2, 0) is 0 Å². The highest BCUT2D eigenvalue weighted by Gasteiger charge is 2.29. The summed E-state index contributed by atoms with van der Waals surface area (Å²) >= 11 is 0. The Morgan fingerprint density at radius 2 is 0.583 bits per heavy atom. The standard InChI is InChI=1S/2C10H21N.C10H20.C9H19N.2C8H17N/c1-10(2,3)9-5-4-7-11-8-6-9;1-10(2,3)9-6-4-5-7-11-8-9;1-10(2,3)9-7-5-4-6-8-9;1-9(2,3)8-5-4-6-10-7-8;1-8(2,3)7-4-5-9-6-7;1-8(2,3)9-6-4-5-7-9/h2*9,11H,4-8H2,1-3H3;9H,4-8H2,1-3H3;8,10H,4-7H2,1-3H3;7,9H,4-6H2,1-3H3;4-7H2,1-3H3. The Labute approximate surface area is 379 Å². The van der Waals surface area contributed by atoms with Gasteiger partial charge in [0, 0.05) is 5.54 Å². The monoisotopic (exact) mass is 846 g/mol. The van der Waals surface area contributed by atoms with Crippen LogP contribution in [0.1, 0.15) is 227 Å². The molecule has 5 saturated heterocycles. The van der Waals surface area contributed by atoms with Crippen LogP contribution in [0.3, 0.4) is 0 Å². The zero-order valence-corrected chi connectivity index (χ0v) is 44.7. The molecule has 0 spiro atoms. The minimum Gasteiger partial charge on any atom is -0.317 e. The van der Waals surface area contributed by atoms with Crippen molar-refractivity contribution in [3.05, 3.63) is 0 Å². The molecule has 6 fully saturated rings. The fourth-order valence-corrected chi connectivity index (χ4v) is 9.98. The Morgan fingerprint density at radius 3 is 0.967 bits per heavy atom. The largest absolute Gasteiger partial charge is 0.317 e. The molecule has 0 bridgehead atoms. The molecule has 4 unspecified atom stereocenters. The van der Waals surface area contributed by atoms with Crippen molar-refractivity contribution in [2.45, 2.75) is 233 Å². The molecule has 5 aliphatic heterocycles. The number of likely N-dealkylation sites (tertiary alicyclic amines) is 1. The number of nitrogens with zero attached hydrogens (tertiary/aromatic N) is 1. The van der Waals surface area contributed by atoms with Crippen LogP contribution in [0.25, 0.3) is 0 Å². The van der Waals surface area contributed by atoms with E-state index in [0.717, 1.165) is 29.6 Å². The van der Waals surface area contributed by atoms with Crippen LogP contribution in [0.5, 0.6) is 0 Å². The van der Waals surface area contributed by atoms with Gasteiger partial charge in [-0.2, -0.15) is 0 Å². The van der Waals surface area contributed by atoms with Crippen molar-refractivity contribution in [1.82, 2.24) is 26.2 Å². The molecule has 0 radical (unpaired) electrons. The summed E-state index contributed by atoms with van der Waals surface area (Å²) in [4.78, 5) is 2.55. The number of nitrogens with one attached hydrogen (secondary N) is 4. The van der Waals surface area contributed by atoms with E-state index in [4.69, 9.17) is 0 Å². The van der Waals surface area contributed by atoms with Gasteiger partial charge in [0.05, 0.1) is 0 Å². The molecule has 1 saturated carbocycles. The molecule has 1 aliphatic carbocycles. The van der Waals surface area contributed by atoms with Crippen LogP contribution in [0, 0.1) is 56.7 Å². The normalized spacial score (nSPS) is 26.7. The molecule has 6 aliphatic rings. The molecule has 5 heterocycles. The lowest BCUT2D eigenvalue weighted by Crippen LogP contribution is -2.38. The molecule has 4 atom stereocenters. The maximum atomic E-state index is 3.50. The molecule has 0 amide bonds. The predicted octanol–water partition coefficient (Wildman–Crippen LogP) is 14.0. The molecular formula is C55H115N5. The Kier molecular flexibility index (Phi) is 27.0. The summed E-state index contributed by atoms with van der Waals surface area (Å²) in [5, 5.41) is 13.8. The summed E-state index contributed by atoms with van der Waals surface area (Å²) < 4.78 is 0. The van der Waals surface area contributed by atoms with Gasteiger partial charge in [0.25, 0.3) is 0 Å². The number of rotatable bonds is 0. The molecule has 5 heteroatoms. The van der Waals surface area contributed by atoms with Gasteiger partial charge in [-0.25, -0.2) is 0 Å². The van der Waals surface area contributed by atoms with E-state index in [1.807, 2.05) is 0 Å². The van der Waals surface area contributed by atoms with Crippen LogP contribution in [0.4, 0.5) is 0 Å². The van der Waals surface area contributed by atoms with Crippen LogP contribution in [0.15, 0.2) is 0 Å². The van der Waals surface area contributed by atoms with Crippen LogP contribution < -0.4 is 21.3 Å². The summed E-state index contributed by atoms with van der Waals surface area (Å²) in [6, 6.07) is 0. The van der Waals surface area contributed by atoms with Crippen molar-refractivity contribution in [3.8, 4) is 0 Å². The van der Waals surface area contributed by atoms with E-state index >= 15 is 0 Å². The molecule has 360 valence electrons. The summed E-state index contributed by atoms with van der Waals surface area (Å²) in [6.45, 7) is 54.6. The van der Waals surface area contributed by atoms with E-state index in [-0.39, 0.29) is 0 Å². The summed E-state index contributed by atoms with van der Waals surface area (Å²) in [6.07, 6.45) is 22.7. The molecule has 5 nitrogen and oxygen atoms in total. The highest BCUT2D eigenvalue weighted by molar-refractivity contribution is 4.83. The fourth-order valence-electron chi connectivity index (χ4n) is 9.98. The molecular weight excluding hydrogens is 731 g/mol. The average Bonchev–Trinajstić information content (AvgIpc) is 3.77. The Hall–Kier alpha value is -0.200. The molecule has 0 aromatic rings. The number of piperidine rings is 1. The lowest BCUT2D eigenvalue weighted by atomic mass is 9.72. The minimum absolute atomic E-state index is 0.413. The van der Waals surface area contributed by atoms with E-state index in [0.29, 0.717) is 32.6 Å². The Balaban J connectivity index is 0.000000361. The fraction of sp³-hybridized carbons (Fsp3) is 1.00. The number of hydrogen-bond acceptors (Lipinski definition) is 5. The summed E-state index contributed by atoms with van der Waals surface area (Å²) in [5.74, 6) is 4.60. The zero-order valence-electron chi connectivity index (χ0n) is 44.7. The second kappa shape index (κ2) is 28.0. The predicted molar refractivity (Wildman–Crippen MR) is 271 cm³/mol. The zero-order chi connectivity index (χ0) is 45.7. The van der Waals surface area contributed by atoms with Crippen molar-refractivity contribution < 1.29 is 0 Å². The first-order valence-electron chi connectivity index (χ1n) is 26.2. The highest BCUT2D eigenvalue weighted by atomic mass is 15.2. The Morgan fingerprint density at radius 1 is 0.283 bits per heavy atom. The van der Waals surface area contributed by atoms with Crippen molar-refractivity contribution in [2.24, 2.45) is 56.7 Å². The molecule has 0 aromatic heterocycles. The van der Waals surface area contributed by atoms with Gasteiger partial charge in [0.15, 0.2) is 0 Å². The van der Waals surface area contributed by atoms with E-state index in [1.54, 1.807) is 0 Å². The second-order valence-corrected chi connectivity index (χ2v) is 26.5. The van der Waals surface area contributed by atoms with Crippen molar-refractivity contribution in [1.29, 1.82) is 0 Å².